The van der Waals surface area contributed by atoms with Gasteiger partial charge in [-0.15, -0.1) is 0 Å². The normalized spacial score (nSPS) is 11.6. The smallest absolute Gasteiger partial charge is 0.338 e. The van der Waals surface area contributed by atoms with Crippen molar-refractivity contribution >= 4 is 17.7 Å². The van der Waals surface area contributed by atoms with Crippen LogP contribution < -0.4 is 10.1 Å². The van der Waals surface area contributed by atoms with Gasteiger partial charge in [-0.3, -0.25) is 4.79 Å². The summed E-state index contributed by atoms with van der Waals surface area (Å²) in [5.41, 5.74) is 0.343. The topological polar surface area (TPSA) is 90.7 Å². The van der Waals surface area contributed by atoms with Gasteiger partial charge in [0.25, 0.3) is 5.91 Å². The molecular formula is C17H20N2O5. The molecule has 0 spiro atoms. The lowest BCUT2D eigenvalue weighted by atomic mass is 10.2. The highest BCUT2D eigenvalue weighted by Gasteiger charge is 2.20. The number of hydrogen-bond acceptors (Lipinski definition) is 6. The molecule has 1 heterocycles. The standard InChI is InChI=1S/C17H20N2O5/c1-4-9-22-14-7-5-13(6-8-14)17(21)23-12(3)16(20)18-15-10-11(2)24-19-15/h5-8,10,12H,4,9H2,1-3H3,(H,18,19,20)/t12-/m1/s1. The zero-order chi connectivity index (χ0) is 17.5. The molecule has 0 fully saturated rings. The van der Waals surface area contributed by atoms with E-state index in [1.807, 2.05) is 6.92 Å². The van der Waals surface area contributed by atoms with Gasteiger partial charge in [0.2, 0.25) is 0 Å². The molecule has 0 aliphatic carbocycles. The summed E-state index contributed by atoms with van der Waals surface area (Å²) >= 11 is 0. The van der Waals surface area contributed by atoms with Crippen LogP contribution in [0.15, 0.2) is 34.9 Å². The first kappa shape index (κ1) is 17.5. The molecular weight excluding hydrogens is 312 g/mol. The van der Waals surface area contributed by atoms with Gasteiger partial charge in [-0.1, -0.05) is 12.1 Å². The van der Waals surface area contributed by atoms with E-state index in [0.29, 0.717) is 23.7 Å². The number of aromatic nitrogens is 1. The highest BCUT2D eigenvalue weighted by atomic mass is 16.5. The summed E-state index contributed by atoms with van der Waals surface area (Å²) in [6.07, 6.45) is -0.0629. The maximum atomic E-state index is 12.1. The number of benzene rings is 1. The van der Waals surface area contributed by atoms with E-state index < -0.39 is 18.0 Å². The van der Waals surface area contributed by atoms with Crippen molar-refractivity contribution in [3.8, 4) is 5.75 Å². The average Bonchev–Trinajstić information content (AvgIpc) is 2.98. The fraction of sp³-hybridized carbons (Fsp3) is 0.353. The van der Waals surface area contributed by atoms with Crippen molar-refractivity contribution in [3.05, 3.63) is 41.7 Å². The summed E-state index contributed by atoms with van der Waals surface area (Å²) in [5.74, 6) is 0.453. The van der Waals surface area contributed by atoms with Crippen molar-refractivity contribution in [1.82, 2.24) is 5.16 Å². The van der Waals surface area contributed by atoms with E-state index in [9.17, 15) is 9.59 Å². The molecule has 0 bridgehead atoms. The van der Waals surface area contributed by atoms with Crippen LogP contribution in [0.4, 0.5) is 5.82 Å². The minimum absolute atomic E-state index is 0.276. The van der Waals surface area contributed by atoms with Crippen LogP contribution >= 0.6 is 0 Å². The molecule has 1 aromatic heterocycles. The van der Waals surface area contributed by atoms with E-state index >= 15 is 0 Å². The lowest BCUT2D eigenvalue weighted by Gasteiger charge is -2.12. The fourth-order valence-corrected chi connectivity index (χ4v) is 1.84. The first-order chi connectivity index (χ1) is 11.5. The molecule has 0 saturated heterocycles. The molecule has 2 aromatic rings. The zero-order valence-electron chi connectivity index (χ0n) is 13.9. The van der Waals surface area contributed by atoms with Gasteiger partial charge in [0.15, 0.2) is 11.9 Å². The first-order valence-corrected chi connectivity index (χ1v) is 7.67. The lowest BCUT2D eigenvalue weighted by molar-refractivity contribution is -0.123. The summed E-state index contributed by atoms with van der Waals surface area (Å²) in [6, 6.07) is 8.14. The Morgan fingerprint density at radius 1 is 1.29 bits per heavy atom. The second-order valence-corrected chi connectivity index (χ2v) is 5.23. The van der Waals surface area contributed by atoms with Gasteiger partial charge < -0.3 is 19.3 Å². The Labute approximate surface area is 139 Å². The Hall–Kier alpha value is -2.83. The molecule has 0 saturated carbocycles. The van der Waals surface area contributed by atoms with Crippen LogP contribution in [0.2, 0.25) is 0 Å². The maximum Gasteiger partial charge on any atom is 0.338 e. The number of ether oxygens (including phenoxy) is 2. The van der Waals surface area contributed by atoms with Crippen molar-refractivity contribution in [2.45, 2.75) is 33.3 Å². The van der Waals surface area contributed by atoms with Gasteiger partial charge in [0.1, 0.15) is 11.5 Å². The maximum absolute atomic E-state index is 12.1. The SMILES string of the molecule is CCCOc1ccc(C(=O)O[C@H](C)C(=O)Nc2cc(C)on2)cc1. The molecule has 1 atom stereocenters. The van der Waals surface area contributed by atoms with Gasteiger partial charge in [-0.2, -0.15) is 0 Å². The highest BCUT2D eigenvalue weighted by Crippen LogP contribution is 2.14. The van der Waals surface area contributed by atoms with E-state index in [2.05, 4.69) is 10.5 Å². The van der Waals surface area contributed by atoms with Crippen LogP contribution in [0.3, 0.4) is 0 Å². The molecule has 0 radical (unpaired) electrons. The van der Waals surface area contributed by atoms with Crippen LogP contribution in [0.25, 0.3) is 0 Å². The summed E-state index contributed by atoms with van der Waals surface area (Å²) in [6.45, 7) is 5.82. The summed E-state index contributed by atoms with van der Waals surface area (Å²) in [4.78, 5) is 24.0. The lowest BCUT2D eigenvalue weighted by Crippen LogP contribution is -2.30. The van der Waals surface area contributed by atoms with Gasteiger partial charge >= 0.3 is 5.97 Å². The van der Waals surface area contributed by atoms with Gasteiger partial charge in [0.05, 0.1) is 12.2 Å². The summed E-state index contributed by atoms with van der Waals surface area (Å²) < 4.78 is 15.4. The molecule has 1 aromatic carbocycles. The molecule has 0 aliphatic heterocycles. The van der Waals surface area contributed by atoms with Crippen LogP contribution in [-0.4, -0.2) is 29.7 Å². The van der Waals surface area contributed by atoms with Crippen molar-refractivity contribution in [3.63, 3.8) is 0 Å². The van der Waals surface area contributed by atoms with Crippen molar-refractivity contribution < 1.29 is 23.6 Å². The highest BCUT2D eigenvalue weighted by molar-refractivity contribution is 5.96. The molecule has 24 heavy (non-hydrogen) atoms. The molecule has 7 nitrogen and oxygen atoms in total. The number of nitrogens with one attached hydrogen (secondary N) is 1. The van der Waals surface area contributed by atoms with Crippen molar-refractivity contribution in [2.24, 2.45) is 0 Å². The monoisotopic (exact) mass is 332 g/mol. The predicted octanol–water partition coefficient (Wildman–Crippen LogP) is 2.96. The number of hydrogen-bond donors (Lipinski definition) is 1. The second-order valence-electron chi connectivity index (χ2n) is 5.23. The number of anilines is 1. The van der Waals surface area contributed by atoms with Crippen LogP contribution in [0.5, 0.6) is 5.75 Å². The number of carbonyl (C=O) groups excluding carboxylic acids is 2. The third-order valence-electron chi connectivity index (χ3n) is 3.10. The van der Waals surface area contributed by atoms with Gasteiger partial charge in [-0.25, -0.2) is 4.79 Å². The van der Waals surface area contributed by atoms with Crippen LogP contribution in [0.1, 0.15) is 36.4 Å². The Kier molecular flexibility index (Phi) is 5.95. The van der Waals surface area contributed by atoms with Crippen molar-refractivity contribution in [2.75, 3.05) is 11.9 Å². The summed E-state index contributed by atoms with van der Waals surface area (Å²) in [5, 5.41) is 6.16. The number of aryl methyl sites for hydroxylation is 1. The summed E-state index contributed by atoms with van der Waals surface area (Å²) in [7, 11) is 0. The van der Waals surface area contributed by atoms with E-state index in [-0.39, 0.29) is 5.82 Å². The fourth-order valence-electron chi connectivity index (χ4n) is 1.84. The van der Waals surface area contributed by atoms with E-state index in [4.69, 9.17) is 14.0 Å². The molecule has 1 N–H and O–H groups in total. The molecule has 1 amide bonds. The molecule has 2 rings (SSSR count). The Morgan fingerprint density at radius 2 is 2.00 bits per heavy atom. The molecule has 7 heteroatoms. The Morgan fingerprint density at radius 3 is 2.58 bits per heavy atom. The van der Waals surface area contributed by atoms with Crippen molar-refractivity contribution in [1.29, 1.82) is 0 Å². The zero-order valence-corrected chi connectivity index (χ0v) is 13.9. The molecule has 0 unspecified atom stereocenters. The quantitative estimate of drug-likeness (QED) is 0.784. The second kappa shape index (κ2) is 8.14. The Balaban J connectivity index is 1.89. The number of nitrogens with zero attached hydrogens (tertiary/aromatic N) is 1. The third kappa shape index (κ3) is 4.84. The molecule has 0 aliphatic rings. The Bertz CT molecular complexity index is 693. The minimum atomic E-state index is -0.967. The number of amides is 1. The number of esters is 1. The largest absolute Gasteiger partial charge is 0.494 e. The molecule has 128 valence electrons. The van der Waals surface area contributed by atoms with Gasteiger partial charge in [0, 0.05) is 6.07 Å². The predicted molar refractivity (Wildman–Crippen MR) is 87.0 cm³/mol. The third-order valence-corrected chi connectivity index (χ3v) is 3.10. The number of rotatable bonds is 7. The minimum Gasteiger partial charge on any atom is -0.494 e. The number of carbonyl (C=O) groups is 2. The van der Waals surface area contributed by atoms with E-state index in [0.717, 1.165) is 6.42 Å². The van der Waals surface area contributed by atoms with Crippen LogP contribution in [0, 0.1) is 6.92 Å². The van der Waals surface area contributed by atoms with Gasteiger partial charge in [-0.05, 0) is 44.5 Å². The van der Waals surface area contributed by atoms with E-state index in [1.54, 1.807) is 37.3 Å². The van der Waals surface area contributed by atoms with Crippen LogP contribution in [-0.2, 0) is 9.53 Å². The first-order valence-electron chi connectivity index (χ1n) is 7.67. The average molecular weight is 332 g/mol. The van der Waals surface area contributed by atoms with E-state index in [1.165, 1.54) is 6.92 Å².